The van der Waals surface area contributed by atoms with Crippen LogP contribution in [0.4, 0.5) is 5.95 Å². The van der Waals surface area contributed by atoms with E-state index in [0.717, 1.165) is 23.4 Å². The molecule has 4 saturated carbocycles. The highest BCUT2D eigenvalue weighted by Gasteiger charge is 2.50. The molecule has 4 aliphatic rings. The van der Waals surface area contributed by atoms with Crippen LogP contribution in [0, 0.1) is 30.1 Å². The second-order valence-electron chi connectivity index (χ2n) is 10.3. The zero-order valence-electron chi connectivity index (χ0n) is 17.7. The average Bonchev–Trinajstić information content (AvgIpc) is 2.65. The summed E-state index contributed by atoms with van der Waals surface area (Å²) in [6.07, 6.45) is 10.6. The van der Waals surface area contributed by atoms with Crippen LogP contribution in [-0.2, 0) is 6.42 Å². The first-order valence-electron chi connectivity index (χ1n) is 11.4. The van der Waals surface area contributed by atoms with E-state index in [1.807, 2.05) is 25.1 Å². The minimum absolute atomic E-state index is 0.0320. The van der Waals surface area contributed by atoms with E-state index in [0.29, 0.717) is 29.4 Å². The maximum Gasteiger partial charge on any atom is 0.255 e. The van der Waals surface area contributed by atoms with Crippen LogP contribution in [0.5, 0.6) is 0 Å². The second-order valence-corrected chi connectivity index (χ2v) is 10.3. The van der Waals surface area contributed by atoms with Gasteiger partial charge >= 0.3 is 0 Å². The fraction of sp³-hybridized carbons (Fsp3) is 0.600. The number of H-pyrrole nitrogens is 1. The molecule has 1 aromatic heterocycles. The van der Waals surface area contributed by atoms with Crippen LogP contribution in [0.2, 0.25) is 0 Å². The number of rotatable bonds is 6. The van der Waals surface area contributed by atoms with E-state index in [9.17, 15) is 4.79 Å². The number of hydrogen-bond donors (Lipinski definition) is 2. The summed E-state index contributed by atoms with van der Waals surface area (Å²) < 4.78 is 0. The third kappa shape index (κ3) is 3.86. The van der Waals surface area contributed by atoms with Crippen molar-refractivity contribution < 1.29 is 0 Å². The lowest BCUT2D eigenvalue weighted by atomic mass is 9.48. The van der Waals surface area contributed by atoms with Crippen LogP contribution in [0.1, 0.15) is 68.7 Å². The van der Waals surface area contributed by atoms with Crippen LogP contribution in [-0.4, -0.2) is 16.0 Å². The molecule has 4 fully saturated rings. The summed E-state index contributed by atoms with van der Waals surface area (Å²) in [7, 11) is 0. The number of nitrogens with one attached hydrogen (secondary N) is 2. The van der Waals surface area contributed by atoms with Gasteiger partial charge in [0.15, 0.2) is 0 Å². The van der Waals surface area contributed by atoms with Crippen molar-refractivity contribution >= 4 is 5.95 Å². The van der Waals surface area contributed by atoms with Gasteiger partial charge in [-0.15, -0.1) is 0 Å². The van der Waals surface area contributed by atoms with Gasteiger partial charge in [-0.05, 0) is 87.5 Å². The molecule has 6 rings (SSSR count). The minimum atomic E-state index is -0.0320. The lowest BCUT2D eigenvalue weighted by molar-refractivity contribution is -0.0587. The summed E-state index contributed by atoms with van der Waals surface area (Å²) in [4.78, 5) is 20.3. The van der Waals surface area contributed by atoms with Crippen molar-refractivity contribution in [3.63, 3.8) is 0 Å². The van der Waals surface area contributed by atoms with Crippen LogP contribution in [0.25, 0.3) is 0 Å². The van der Waals surface area contributed by atoms with Crippen molar-refractivity contribution in [1.82, 2.24) is 9.97 Å². The topological polar surface area (TPSA) is 57.8 Å². The van der Waals surface area contributed by atoms with E-state index in [4.69, 9.17) is 4.98 Å². The van der Waals surface area contributed by atoms with Gasteiger partial charge in [0.25, 0.3) is 5.56 Å². The summed E-state index contributed by atoms with van der Waals surface area (Å²) in [5, 5.41) is 3.54. The molecule has 1 heterocycles. The van der Waals surface area contributed by atoms with E-state index in [1.165, 1.54) is 50.5 Å². The third-order valence-electron chi connectivity index (χ3n) is 7.75. The molecular formula is C25H33N3O. The van der Waals surface area contributed by atoms with Gasteiger partial charge in [-0.2, -0.15) is 0 Å². The van der Waals surface area contributed by atoms with Gasteiger partial charge in [0.2, 0.25) is 5.95 Å². The second kappa shape index (κ2) is 7.30. The first-order chi connectivity index (χ1) is 14.0. The van der Waals surface area contributed by atoms with Crippen LogP contribution < -0.4 is 10.9 Å². The molecule has 0 spiro atoms. The highest BCUT2D eigenvalue weighted by atomic mass is 16.1. The van der Waals surface area contributed by atoms with Crippen molar-refractivity contribution in [2.45, 2.75) is 71.3 Å². The summed E-state index contributed by atoms with van der Waals surface area (Å²) >= 11 is 0. The van der Waals surface area contributed by atoms with Gasteiger partial charge < -0.3 is 5.32 Å². The number of nitrogens with zero attached hydrogens (tertiary/aromatic N) is 1. The van der Waals surface area contributed by atoms with E-state index < -0.39 is 0 Å². The lowest BCUT2D eigenvalue weighted by Gasteiger charge is -2.57. The fourth-order valence-corrected chi connectivity index (χ4v) is 7.08. The zero-order valence-corrected chi connectivity index (χ0v) is 17.7. The normalized spacial score (nSPS) is 31.0. The van der Waals surface area contributed by atoms with Gasteiger partial charge in [-0.25, -0.2) is 4.98 Å². The molecule has 1 unspecified atom stereocenters. The van der Waals surface area contributed by atoms with Crippen LogP contribution in [0.15, 0.2) is 35.1 Å². The Balaban J connectivity index is 1.30. The van der Waals surface area contributed by atoms with Crippen molar-refractivity contribution in [3.8, 4) is 0 Å². The summed E-state index contributed by atoms with van der Waals surface area (Å²) in [5.41, 5.74) is 3.26. The molecule has 0 saturated heterocycles. The predicted octanol–water partition coefficient (Wildman–Crippen LogP) is 5.08. The van der Waals surface area contributed by atoms with E-state index in [1.54, 1.807) is 0 Å². The Hall–Kier alpha value is -2.10. The number of hydrogen-bond acceptors (Lipinski definition) is 3. The van der Waals surface area contributed by atoms with Gasteiger partial charge in [0.05, 0.1) is 5.69 Å². The monoisotopic (exact) mass is 391 g/mol. The molecule has 4 bridgehead atoms. The van der Waals surface area contributed by atoms with Gasteiger partial charge in [-0.1, -0.05) is 30.3 Å². The molecule has 2 N–H and O–H groups in total. The molecule has 4 aliphatic carbocycles. The highest BCUT2D eigenvalue weighted by molar-refractivity contribution is 5.33. The number of aromatic nitrogens is 2. The van der Waals surface area contributed by atoms with Gasteiger partial charge in [0, 0.05) is 18.0 Å². The Morgan fingerprint density at radius 2 is 1.72 bits per heavy atom. The smallest absolute Gasteiger partial charge is 0.255 e. The molecule has 0 aliphatic heterocycles. The fourth-order valence-electron chi connectivity index (χ4n) is 7.08. The standard InChI is InChI=1S/C25H33N3O/c1-16(12-25-13-19-8-20(14-25)10-21(9-19)15-25)26-24-27-22(17(2)23(29)28-24)11-18-6-4-3-5-7-18/h3-7,16,19-21H,8-15H2,1-2H3,(H2,26,27,28,29). The van der Waals surface area contributed by atoms with Crippen molar-refractivity contribution in [2.75, 3.05) is 5.32 Å². The average molecular weight is 392 g/mol. The Kier molecular flexibility index (Phi) is 4.76. The Labute approximate surface area is 173 Å². The number of aromatic amines is 1. The van der Waals surface area contributed by atoms with Gasteiger partial charge in [-0.3, -0.25) is 9.78 Å². The molecule has 0 radical (unpaired) electrons. The van der Waals surface area contributed by atoms with E-state index in [2.05, 4.69) is 29.4 Å². The van der Waals surface area contributed by atoms with Gasteiger partial charge in [0.1, 0.15) is 0 Å². The number of anilines is 1. The molecule has 154 valence electrons. The Morgan fingerprint density at radius 1 is 1.10 bits per heavy atom. The molecule has 0 amide bonds. The Morgan fingerprint density at radius 3 is 2.34 bits per heavy atom. The number of benzene rings is 1. The first-order valence-corrected chi connectivity index (χ1v) is 11.4. The minimum Gasteiger partial charge on any atom is -0.353 e. The summed E-state index contributed by atoms with van der Waals surface area (Å²) in [6.45, 7) is 4.13. The van der Waals surface area contributed by atoms with E-state index >= 15 is 0 Å². The van der Waals surface area contributed by atoms with Crippen molar-refractivity contribution in [3.05, 3.63) is 57.5 Å². The zero-order chi connectivity index (χ0) is 20.0. The molecule has 4 heteroatoms. The predicted molar refractivity (Wildman–Crippen MR) is 117 cm³/mol. The quantitative estimate of drug-likeness (QED) is 0.722. The first kappa shape index (κ1) is 18.9. The molecule has 1 atom stereocenters. The SMILES string of the molecule is Cc1c(Cc2ccccc2)nc(NC(C)CC23CC4CC(CC(C4)C2)C3)[nH]c1=O. The molecule has 4 nitrogen and oxygen atoms in total. The third-order valence-corrected chi connectivity index (χ3v) is 7.75. The maximum atomic E-state index is 12.5. The molecule has 2 aromatic rings. The molecular weight excluding hydrogens is 358 g/mol. The largest absolute Gasteiger partial charge is 0.353 e. The Bertz CT molecular complexity index is 898. The summed E-state index contributed by atoms with van der Waals surface area (Å²) in [5.74, 6) is 3.55. The molecule has 1 aromatic carbocycles. The summed E-state index contributed by atoms with van der Waals surface area (Å²) in [6, 6.07) is 10.6. The van der Waals surface area contributed by atoms with Crippen molar-refractivity contribution in [2.24, 2.45) is 23.2 Å². The molecule has 29 heavy (non-hydrogen) atoms. The van der Waals surface area contributed by atoms with E-state index in [-0.39, 0.29) is 5.56 Å². The lowest BCUT2D eigenvalue weighted by Crippen LogP contribution is -2.47. The van der Waals surface area contributed by atoms with Crippen LogP contribution in [0.3, 0.4) is 0 Å². The van der Waals surface area contributed by atoms with Crippen LogP contribution >= 0.6 is 0 Å². The maximum absolute atomic E-state index is 12.5. The highest BCUT2D eigenvalue weighted by Crippen LogP contribution is 2.61. The van der Waals surface area contributed by atoms with Crippen molar-refractivity contribution in [1.29, 1.82) is 0 Å².